The molecule has 7 nitrogen and oxygen atoms in total. The van der Waals surface area contributed by atoms with Gasteiger partial charge in [-0.1, -0.05) is 6.92 Å². The molecule has 1 fully saturated rings. The third-order valence-corrected chi connectivity index (χ3v) is 3.92. The van der Waals surface area contributed by atoms with E-state index in [1.165, 1.54) is 0 Å². The lowest BCUT2D eigenvalue weighted by molar-refractivity contribution is -0.161. The smallest absolute Gasteiger partial charge is 0.326 e. The lowest BCUT2D eigenvalue weighted by Crippen LogP contribution is -2.52. The van der Waals surface area contributed by atoms with Crippen LogP contribution < -0.4 is 0 Å². The first-order chi connectivity index (χ1) is 8.61. The van der Waals surface area contributed by atoms with E-state index in [0.29, 0.717) is 4.90 Å². The Kier molecular flexibility index (Phi) is 4.67. The first kappa shape index (κ1) is 15.6. The Morgan fingerprint density at radius 3 is 2.21 bits per heavy atom. The van der Waals surface area contributed by atoms with Crippen molar-refractivity contribution in [3.05, 3.63) is 0 Å². The minimum atomic E-state index is -3.35. The topological polar surface area (TPSA) is 109 Å². The summed E-state index contributed by atoms with van der Waals surface area (Å²) in [6, 6.07) is -1.40. The van der Waals surface area contributed by atoms with Crippen LogP contribution >= 0.6 is 0 Å². The van der Waals surface area contributed by atoms with E-state index in [4.69, 9.17) is 5.11 Å². The van der Waals surface area contributed by atoms with Crippen molar-refractivity contribution in [3.63, 3.8) is 0 Å². The predicted molar refractivity (Wildman–Crippen MR) is 66.0 cm³/mol. The maximum Gasteiger partial charge on any atom is 0.326 e. The average molecular weight is 291 g/mol. The summed E-state index contributed by atoms with van der Waals surface area (Å²) in [7, 11) is -3.35. The van der Waals surface area contributed by atoms with E-state index in [0.717, 1.165) is 6.26 Å². The number of carboxylic acid groups (broad SMARTS) is 1. The number of hydrogen-bond donors (Lipinski definition) is 1. The molecule has 1 N–H and O–H groups in total. The highest BCUT2D eigenvalue weighted by Crippen LogP contribution is 2.22. The maximum absolute atomic E-state index is 11.8. The first-order valence-electron chi connectivity index (χ1n) is 5.87. The summed E-state index contributed by atoms with van der Waals surface area (Å²) >= 11 is 0. The highest BCUT2D eigenvalue weighted by atomic mass is 32.2. The number of carboxylic acids is 1. The molecule has 0 spiro atoms. The van der Waals surface area contributed by atoms with Gasteiger partial charge >= 0.3 is 5.97 Å². The summed E-state index contributed by atoms with van der Waals surface area (Å²) in [5.74, 6) is -2.95. The maximum atomic E-state index is 11.8. The molecule has 1 heterocycles. The molecule has 1 aliphatic rings. The van der Waals surface area contributed by atoms with Crippen molar-refractivity contribution < 1.29 is 27.9 Å². The van der Waals surface area contributed by atoms with E-state index in [1.54, 1.807) is 6.92 Å². The van der Waals surface area contributed by atoms with E-state index >= 15 is 0 Å². The molecule has 0 radical (unpaired) electrons. The van der Waals surface area contributed by atoms with Crippen LogP contribution in [0.5, 0.6) is 0 Å². The van der Waals surface area contributed by atoms with Crippen LogP contribution in [0, 0.1) is 5.92 Å². The third-order valence-electron chi connectivity index (χ3n) is 2.94. The van der Waals surface area contributed by atoms with Crippen molar-refractivity contribution in [2.24, 2.45) is 5.92 Å². The van der Waals surface area contributed by atoms with Gasteiger partial charge in [0.25, 0.3) is 0 Å². The van der Waals surface area contributed by atoms with Gasteiger partial charge in [0.15, 0.2) is 0 Å². The van der Waals surface area contributed by atoms with Gasteiger partial charge in [0.05, 0.1) is 5.75 Å². The number of amides is 2. The molecule has 1 saturated heterocycles. The minimum Gasteiger partial charge on any atom is -0.480 e. The second-order valence-electron chi connectivity index (χ2n) is 4.94. The molecule has 8 heteroatoms. The van der Waals surface area contributed by atoms with Crippen LogP contribution in [0.25, 0.3) is 0 Å². The zero-order valence-corrected chi connectivity index (χ0v) is 11.6. The molecule has 0 aliphatic carbocycles. The van der Waals surface area contributed by atoms with Crippen LogP contribution in [0.3, 0.4) is 0 Å². The van der Waals surface area contributed by atoms with Crippen LogP contribution in [0.4, 0.5) is 0 Å². The van der Waals surface area contributed by atoms with Crippen molar-refractivity contribution >= 4 is 27.6 Å². The van der Waals surface area contributed by atoms with Crippen molar-refractivity contribution in [2.75, 3.05) is 12.0 Å². The highest BCUT2D eigenvalue weighted by Gasteiger charge is 2.39. The second-order valence-corrected chi connectivity index (χ2v) is 7.20. The van der Waals surface area contributed by atoms with Crippen LogP contribution in [0.2, 0.25) is 0 Å². The lowest BCUT2D eigenvalue weighted by Gasteiger charge is -2.32. The molecule has 2 amide bonds. The molecule has 1 atom stereocenters. The second kappa shape index (κ2) is 5.68. The molecule has 1 unspecified atom stereocenters. The number of aliphatic carboxylic acids is 1. The highest BCUT2D eigenvalue weighted by molar-refractivity contribution is 7.90. The zero-order chi connectivity index (χ0) is 14.8. The van der Waals surface area contributed by atoms with Gasteiger partial charge < -0.3 is 5.11 Å². The number of imide groups is 1. The minimum absolute atomic E-state index is 0.106. The van der Waals surface area contributed by atoms with E-state index in [9.17, 15) is 22.8 Å². The number of carbonyl (C=O) groups is 3. The van der Waals surface area contributed by atoms with E-state index < -0.39 is 33.7 Å². The van der Waals surface area contributed by atoms with Crippen molar-refractivity contribution in [1.29, 1.82) is 0 Å². The summed E-state index contributed by atoms with van der Waals surface area (Å²) in [6.45, 7) is 1.74. The van der Waals surface area contributed by atoms with Gasteiger partial charge in [-0.05, 0) is 12.3 Å². The van der Waals surface area contributed by atoms with Gasteiger partial charge in [-0.3, -0.25) is 14.5 Å². The fourth-order valence-corrected chi connectivity index (χ4v) is 2.69. The fraction of sp³-hybridized carbons (Fsp3) is 0.727. The molecule has 0 aromatic heterocycles. The SMILES string of the molecule is CC1CC(=O)N(C(CCS(C)(=O)=O)C(=O)O)C(=O)C1. The van der Waals surface area contributed by atoms with Crippen molar-refractivity contribution in [1.82, 2.24) is 4.90 Å². The number of rotatable bonds is 5. The van der Waals surface area contributed by atoms with Gasteiger partial charge in [-0.2, -0.15) is 0 Å². The molecular weight excluding hydrogens is 274 g/mol. The zero-order valence-electron chi connectivity index (χ0n) is 10.8. The summed E-state index contributed by atoms with van der Waals surface area (Å²) in [4.78, 5) is 35.4. The van der Waals surface area contributed by atoms with Gasteiger partial charge in [0.1, 0.15) is 15.9 Å². The molecule has 19 heavy (non-hydrogen) atoms. The summed E-state index contributed by atoms with van der Waals surface area (Å²) in [5.41, 5.74) is 0. The summed E-state index contributed by atoms with van der Waals surface area (Å²) in [5, 5.41) is 9.08. The Morgan fingerprint density at radius 1 is 1.37 bits per heavy atom. The molecule has 0 saturated carbocycles. The third kappa shape index (κ3) is 4.30. The van der Waals surface area contributed by atoms with Crippen molar-refractivity contribution in [3.8, 4) is 0 Å². The Hall–Kier alpha value is -1.44. The normalized spacial score (nSPS) is 19.6. The number of nitrogens with zero attached hydrogens (tertiary/aromatic N) is 1. The Morgan fingerprint density at radius 2 is 1.84 bits per heavy atom. The summed E-state index contributed by atoms with van der Waals surface area (Å²) < 4.78 is 22.1. The lowest BCUT2D eigenvalue weighted by atomic mass is 9.96. The van der Waals surface area contributed by atoms with Gasteiger partial charge in [0, 0.05) is 19.1 Å². The molecule has 1 rings (SSSR count). The molecule has 0 aromatic carbocycles. The summed E-state index contributed by atoms with van der Waals surface area (Å²) in [6.07, 6.45) is 0.913. The molecule has 108 valence electrons. The number of likely N-dealkylation sites (tertiary alicyclic amines) is 1. The largest absolute Gasteiger partial charge is 0.480 e. The Bertz CT molecular complexity index is 479. The standard InChI is InChI=1S/C11H17NO6S/c1-7-5-9(13)12(10(14)6-7)8(11(15)16)3-4-19(2,17)18/h7-8H,3-6H2,1-2H3,(H,15,16). The fourth-order valence-electron chi connectivity index (χ4n) is 2.04. The number of sulfone groups is 1. The first-order valence-corrected chi connectivity index (χ1v) is 7.93. The number of carbonyl (C=O) groups excluding carboxylic acids is 2. The van der Waals surface area contributed by atoms with Gasteiger partial charge in [0.2, 0.25) is 11.8 Å². The molecular formula is C11H17NO6S. The van der Waals surface area contributed by atoms with E-state index in [-0.39, 0.29) is 30.9 Å². The van der Waals surface area contributed by atoms with E-state index in [2.05, 4.69) is 0 Å². The van der Waals surface area contributed by atoms with Crippen LogP contribution in [0.1, 0.15) is 26.2 Å². The van der Waals surface area contributed by atoms with Gasteiger partial charge in [-0.25, -0.2) is 13.2 Å². The quantitative estimate of drug-likeness (QED) is 0.694. The predicted octanol–water partition coefficient (Wildman–Crippen LogP) is -0.341. The van der Waals surface area contributed by atoms with Crippen LogP contribution in [0.15, 0.2) is 0 Å². The van der Waals surface area contributed by atoms with Crippen molar-refractivity contribution in [2.45, 2.75) is 32.2 Å². The molecule has 0 aromatic rings. The van der Waals surface area contributed by atoms with Crippen LogP contribution in [-0.2, 0) is 24.2 Å². The molecule has 0 bridgehead atoms. The Balaban J connectivity index is 2.89. The monoisotopic (exact) mass is 291 g/mol. The van der Waals surface area contributed by atoms with Crippen LogP contribution in [-0.4, -0.2) is 54.3 Å². The number of hydrogen-bond acceptors (Lipinski definition) is 5. The van der Waals surface area contributed by atoms with E-state index in [1.807, 2.05) is 0 Å². The Labute approximate surface area is 111 Å². The number of piperidine rings is 1. The average Bonchev–Trinajstić information content (AvgIpc) is 2.19. The van der Waals surface area contributed by atoms with Gasteiger partial charge in [-0.15, -0.1) is 0 Å². The molecule has 1 aliphatic heterocycles.